The molecule has 0 saturated heterocycles. The molecule has 3 rings (SSSR count). The molecule has 21 heavy (non-hydrogen) atoms. The molecule has 0 fully saturated rings. The lowest BCUT2D eigenvalue weighted by Gasteiger charge is -2.09. The molecule has 7 heteroatoms. The van der Waals surface area contributed by atoms with Gasteiger partial charge in [-0.1, -0.05) is 12.1 Å². The minimum Gasteiger partial charge on any atom is -0.372 e. The van der Waals surface area contributed by atoms with Gasteiger partial charge in [0.05, 0.1) is 33.3 Å². The molecule has 0 spiro atoms. The third-order valence-electron chi connectivity index (χ3n) is 3.38. The lowest BCUT2D eigenvalue weighted by atomic mass is 10.2. The molecule has 2 heterocycles. The van der Waals surface area contributed by atoms with Crippen molar-refractivity contribution in [2.24, 2.45) is 7.05 Å². The number of halogens is 1. The molecule has 0 aliphatic heterocycles. The van der Waals surface area contributed by atoms with Gasteiger partial charge in [-0.2, -0.15) is 5.10 Å². The fraction of sp³-hybridized carbons (Fsp3) is 0.214. The second-order valence-corrected chi connectivity index (χ2v) is 5.52. The summed E-state index contributed by atoms with van der Waals surface area (Å²) in [5.41, 5.74) is 1.59. The highest BCUT2D eigenvalue weighted by atomic mass is 79.9. The van der Waals surface area contributed by atoms with Gasteiger partial charge in [0.2, 0.25) is 0 Å². The Bertz CT molecular complexity index is 952. The first kappa shape index (κ1) is 13.8. The molecule has 0 radical (unpaired) electrons. The summed E-state index contributed by atoms with van der Waals surface area (Å²) >= 11 is 3.47. The molecular weight excluding hydrogens is 338 g/mol. The number of aromatic nitrogens is 3. The van der Waals surface area contributed by atoms with Gasteiger partial charge < -0.3 is 4.42 Å². The standard InChI is InChI=1S/C14H12BrN3O3/c1-8-12(15)11(17(2)16-8)7-18-10-6-4-3-5-9(10)13(19)21-14(18)20/h3-6H,7H2,1-2H3. The highest BCUT2D eigenvalue weighted by Crippen LogP contribution is 2.21. The Balaban J connectivity index is 2.26. The van der Waals surface area contributed by atoms with Crippen molar-refractivity contribution >= 4 is 26.8 Å². The van der Waals surface area contributed by atoms with Gasteiger partial charge in [-0.25, -0.2) is 9.59 Å². The van der Waals surface area contributed by atoms with E-state index in [-0.39, 0.29) is 6.54 Å². The number of fused-ring (bicyclic) bond motifs is 1. The van der Waals surface area contributed by atoms with Gasteiger partial charge in [0.1, 0.15) is 0 Å². The molecule has 0 N–H and O–H groups in total. The summed E-state index contributed by atoms with van der Waals surface area (Å²) in [5.74, 6) is -0.676. The monoisotopic (exact) mass is 349 g/mol. The molecule has 108 valence electrons. The van der Waals surface area contributed by atoms with Crippen LogP contribution in [0.2, 0.25) is 0 Å². The Labute approximate surface area is 127 Å². The smallest absolute Gasteiger partial charge is 0.372 e. The Hall–Kier alpha value is -2.15. The second-order valence-electron chi connectivity index (χ2n) is 4.73. The van der Waals surface area contributed by atoms with Gasteiger partial charge in [-0.05, 0) is 35.0 Å². The number of aryl methyl sites for hydroxylation is 2. The zero-order valence-corrected chi connectivity index (χ0v) is 13.0. The zero-order valence-electron chi connectivity index (χ0n) is 11.5. The maximum Gasteiger partial charge on any atom is 0.422 e. The van der Waals surface area contributed by atoms with E-state index in [9.17, 15) is 9.59 Å². The van der Waals surface area contributed by atoms with Crippen molar-refractivity contribution in [1.82, 2.24) is 14.3 Å². The summed E-state index contributed by atoms with van der Waals surface area (Å²) in [6.07, 6.45) is 0. The third kappa shape index (κ3) is 2.23. The number of hydrogen-bond donors (Lipinski definition) is 0. The first-order chi connectivity index (χ1) is 9.99. The van der Waals surface area contributed by atoms with Crippen LogP contribution in [0.15, 0.2) is 42.7 Å². The van der Waals surface area contributed by atoms with Crippen LogP contribution in [0, 0.1) is 6.92 Å². The summed E-state index contributed by atoms with van der Waals surface area (Å²) < 4.78 is 8.76. The summed E-state index contributed by atoms with van der Waals surface area (Å²) in [6.45, 7) is 2.14. The van der Waals surface area contributed by atoms with Crippen molar-refractivity contribution < 1.29 is 4.42 Å². The normalized spacial score (nSPS) is 11.2. The van der Waals surface area contributed by atoms with Gasteiger partial charge in [0.25, 0.3) is 0 Å². The van der Waals surface area contributed by atoms with Crippen molar-refractivity contribution in [3.63, 3.8) is 0 Å². The zero-order chi connectivity index (χ0) is 15.1. The van der Waals surface area contributed by atoms with Gasteiger partial charge in [-0.3, -0.25) is 9.25 Å². The van der Waals surface area contributed by atoms with Crippen LogP contribution in [0.1, 0.15) is 11.4 Å². The Morgan fingerprint density at radius 3 is 2.67 bits per heavy atom. The van der Waals surface area contributed by atoms with Crippen molar-refractivity contribution in [1.29, 1.82) is 0 Å². The van der Waals surface area contributed by atoms with Crippen LogP contribution >= 0.6 is 15.9 Å². The van der Waals surface area contributed by atoms with E-state index in [1.807, 2.05) is 6.92 Å². The fourth-order valence-corrected chi connectivity index (χ4v) is 2.78. The van der Waals surface area contributed by atoms with E-state index >= 15 is 0 Å². The van der Waals surface area contributed by atoms with E-state index in [0.717, 1.165) is 15.9 Å². The van der Waals surface area contributed by atoms with Gasteiger partial charge in [-0.15, -0.1) is 0 Å². The first-order valence-electron chi connectivity index (χ1n) is 6.29. The van der Waals surface area contributed by atoms with Crippen molar-refractivity contribution in [3.05, 3.63) is 61.1 Å². The molecule has 0 aliphatic carbocycles. The van der Waals surface area contributed by atoms with Gasteiger partial charge >= 0.3 is 11.4 Å². The summed E-state index contributed by atoms with van der Waals surface area (Å²) in [6, 6.07) is 6.88. The molecule has 0 bridgehead atoms. The van der Waals surface area contributed by atoms with Crippen molar-refractivity contribution in [3.8, 4) is 0 Å². The average Bonchev–Trinajstić information content (AvgIpc) is 2.69. The fourth-order valence-electron chi connectivity index (χ4n) is 2.32. The number of nitrogens with zero attached hydrogens (tertiary/aromatic N) is 3. The molecular formula is C14H12BrN3O3. The van der Waals surface area contributed by atoms with Crippen molar-refractivity contribution in [2.75, 3.05) is 0 Å². The quantitative estimate of drug-likeness (QED) is 0.707. The number of hydrogen-bond acceptors (Lipinski definition) is 4. The number of benzene rings is 1. The van der Waals surface area contributed by atoms with E-state index in [2.05, 4.69) is 21.0 Å². The molecule has 1 aromatic carbocycles. The predicted octanol–water partition coefficient (Wildman–Crippen LogP) is 1.81. The predicted molar refractivity (Wildman–Crippen MR) is 81.5 cm³/mol. The Morgan fingerprint density at radius 1 is 1.29 bits per heavy atom. The van der Waals surface area contributed by atoms with Crippen LogP contribution < -0.4 is 11.4 Å². The maximum absolute atomic E-state index is 12.0. The molecule has 3 aromatic rings. The van der Waals surface area contributed by atoms with Crippen LogP contribution in [0.25, 0.3) is 10.9 Å². The SMILES string of the molecule is Cc1nn(C)c(Cn2c(=O)oc(=O)c3ccccc32)c1Br. The third-order valence-corrected chi connectivity index (χ3v) is 4.42. The highest BCUT2D eigenvalue weighted by molar-refractivity contribution is 9.10. The molecule has 0 amide bonds. The van der Waals surface area contributed by atoms with E-state index in [1.165, 1.54) is 4.57 Å². The van der Waals surface area contributed by atoms with Crippen LogP contribution in [0.5, 0.6) is 0 Å². The average molecular weight is 350 g/mol. The van der Waals surface area contributed by atoms with Crippen LogP contribution in [0.3, 0.4) is 0 Å². The largest absolute Gasteiger partial charge is 0.422 e. The molecule has 0 atom stereocenters. The number of para-hydroxylation sites is 1. The minimum atomic E-state index is -0.676. The lowest BCUT2D eigenvalue weighted by molar-refractivity contribution is 0.421. The van der Waals surface area contributed by atoms with E-state index in [4.69, 9.17) is 4.42 Å². The summed E-state index contributed by atoms with van der Waals surface area (Å²) in [7, 11) is 1.80. The topological polar surface area (TPSA) is 70.0 Å². The minimum absolute atomic E-state index is 0.265. The summed E-state index contributed by atoms with van der Waals surface area (Å²) in [5, 5.41) is 4.68. The van der Waals surface area contributed by atoms with Crippen molar-refractivity contribution in [2.45, 2.75) is 13.5 Å². The van der Waals surface area contributed by atoms with Crippen LogP contribution in [-0.2, 0) is 13.6 Å². The maximum atomic E-state index is 12.0. The Kier molecular flexibility index (Phi) is 3.29. The number of rotatable bonds is 2. The van der Waals surface area contributed by atoms with E-state index in [1.54, 1.807) is 36.0 Å². The summed E-state index contributed by atoms with van der Waals surface area (Å²) in [4.78, 5) is 23.8. The molecule has 0 saturated carbocycles. The molecule has 0 aliphatic rings. The van der Waals surface area contributed by atoms with E-state index in [0.29, 0.717) is 10.9 Å². The molecule has 6 nitrogen and oxygen atoms in total. The molecule has 2 aromatic heterocycles. The first-order valence-corrected chi connectivity index (χ1v) is 7.09. The van der Waals surface area contributed by atoms with Crippen LogP contribution in [-0.4, -0.2) is 14.3 Å². The van der Waals surface area contributed by atoms with Crippen LogP contribution in [0.4, 0.5) is 0 Å². The second kappa shape index (κ2) is 5.00. The van der Waals surface area contributed by atoms with E-state index < -0.39 is 11.4 Å². The molecule has 0 unspecified atom stereocenters. The van der Waals surface area contributed by atoms with Gasteiger partial charge in [0.15, 0.2) is 0 Å². The van der Waals surface area contributed by atoms with Gasteiger partial charge in [0, 0.05) is 7.05 Å². The highest BCUT2D eigenvalue weighted by Gasteiger charge is 2.15. The Morgan fingerprint density at radius 2 is 2.00 bits per heavy atom. The lowest BCUT2D eigenvalue weighted by Crippen LogP contribution is -2.26.